The van der Waals surface area contributed by atoms with E-state index in [2.05, 4.69) is 32.7 Å². The summed E-state index contributed by atoms with van der Waals surface area (Å²) in [4.78, 5) is 15.7. The molecule has 0 spiro atoms. The molecule has 2 rings (SSSR count). The Labute approximate surface area is 122 Å². The maximum atomic E-state index is 11.7. The van der Waals surface area contributed by atoms with Crippen LogP contribution in [0.25, 0.3) is 0 Å². The summed E-state index contributed by atoms with van der Waals surface area (Å²) in [7, 11) is 0. The maximum Gasteiger partial charge on any atom is 0.227 e. The van der Waals surface area contributed by atoms with Gasteiger partial charge in [-0.25, -0.2) is 4.98 Å². The first kappa shape index (κ1) is 14.7. The molecule has 2 aromatic heterocycles. The molecule has 0 radical (unpaired) electrons. The molecule has 0 aliphatic carbocycles. The quantitative estimate of drug-likeness (QED) is 0.726. The van der Waals surface area contributed by atoms with E-state index >= 15 is 0 Å². The molecule has 108 valence electrons. The van der Waals surface area contributed by atoms with E-state index in [0.29, 0.717) is 18.1 Å². The number of nitrogens with one attached hydrogen (secondary N) is 3. The molecule has 0 bridgehead atoms. The van der Waals surface area contributed by atoms with E-state index in [0.717, 1.165) is 17.8 Å². The highest BCUT2D eigenvalue weighted by Crippen LogP contribution is 2.10. The highest BCUT2D eigenvalue weighted by Gasteiger charge is 2.08. The number of amides is 1. The molecule has 0 fully saturated rings. The van der Waals surface area contributed by atoms with Gasteiger partial charge in [0.15, 0.2) is 5.13 Å². The molecule has 0 unspecified atom stereocenters. The number of H-pyrrole nitrogens is 1. The number of aryl methyl sites for hydroxylation is 1. The number of nitrogens with zero attached hydrogens (tertiary/aromatic N) is 2. The minimum absolute atomic E-state index is 0.0183. The zero-order valence-corrected chi connectivity index (χ0v) is 12.5. The van der Waals surface area contributed by atoms with Gasteiger partial charge in [-0.05, 0) is 19.9 Å². The fourth-order valence-electron chi connectivity index (χ4n) is 1.86. The lowest BCUT2D eigenvalue weighted by Gasteiger charge is -2.11. The minimum atomic E-state index is -0.0183. The largest absolute Gasteiger partial charge is 0.313 e. The van der Waals surface area contributed by atoms with Crippen LogP contribution in [0.2, 0.25) is 0 Å². The van der Waals surface area contributed by atoms with Gasteiger partial charge in [-0.1, -0.05) is 0 Å². The SMILES string of the molecule is Cc1cc(C[C@H](C)NCCC(=O)Nc2nccs2)n[nH]1. The molecule has 20 heavy (non-hydrogen) atoms. The van der Waals surface area contributed by atoms with Crippen LogP contribution in [-0.2, 0) is 11.2 Å². The van der Waals surface area contributed by atoms with Gasteiger partial charge < -0.3 is 10.6 Å². The molecular weight excluding hydrogens is 274 g/mol. The Balaban J connectivity index is 1.63. The van der Waals surface area contributed by atoms with Gasteiger partial charge in [0.1, 0.15) is 0 Å². The highest BCUT2D eigenvalue weighted by molar-refractivity contribution is 7.13. The first-order valence-corrected chi connectivity index (χ1v) is 7.45. The molecular formula is C13H19N5OS. The number of hydrogen-bond acceptors (Lipinski definition) is 5. The molecule has 3 N–H and O–H groups in total. The number of rotatable bonds is 7. The number of aromatic amines is 1. The normalized spacial score (nSPS) is 12.3. The first-order chi connectivity index (χ1) is 9.63. The maximum absolute atomic E-state index is 11.7. The Morgan fingerprint density at radius 3 is 3.05 bits per heavy atom. The van der Waals surface area contributed by atoms with Crippen LogP contribution in [0.4, 0.5) is 5.13 Å². The number of thiazole rings is 1. The molecule has 0 aliphatic heterocycles. The average molecular weight is 293 g/mol. The number of carbonyl (C=O) groups excluding carboxylic acids is 1. The summed E-state index contributed by atoms with van der Waals surface area (Å²) >= 11 is 1.42. The number of aromatic nitrogens is 3. The fraction of sp³-hybridized carbons (Fsp3) is 0.462. The summed E-state index contributed by atoms with van der Waals surface area (Å²) in [5.41, 5.74) is 2.10. The van der Waals surface area contributed by atoms with Crippen molar-refractivity contribution in [3.05, 3.63) is 29.0 Å². The molecule has 0 saturated heterocycles. The summed E-state index contributed by atoms with van der Waals surface area (Å²) < 4.78 is 0. The monoisotopic (exact) mass is 293 g/mol. The summed E-state index contributed by atoms with van der Waals surface area (Å²) in [6.07, 6.45) is 2.95. The number of hydrogen-bond donors (Lipinski definition) is 3. The Morgan fingerprint density at radius 2 is 2.40 bits per heavy atom. The Bertz CT molecular complexity index is 537. The van der Waals surface area contributed by atoms with Crippen LogP contribution < -0.4 is 10.6 Å². The van der Waals surface area contributed by atoms with Crippen molar-refractivity contribution in [3.8, 4) is 0 Å². The molecule has 1 amide bonds. The second-order valence-corrected chi connectivity index (χ2v) is 5.63. The highest BCUT2D eigenvalue weighted by atomic mass is 32.1. The summed E-state index contributed by atoms with van der Waals surface area (Å²) in [5, 5.41) is 15.7. The smallest absolute Gasteiger partial charge is 0.227 e. The molecule has 2 heterocycles. The molecule has 6 nitrogen and oxygen atoms in total. The van der Waals surface area contributed by atoms with Crippen molar-refractivity contribution in [2.75, 3.05) is 11.9 Å². The van der Waals surface area contributed by atoms with Crippen LogP contribution in [0.5, 0.6) is 0 Å². The zero-order chi connectivity index (χ0) is 14.4. The summed E-state index contributed by atoms with van der Waals surface area (Å²) in [5.74, 6) is -0.0183. The van der Waals surface area contributed by atoms with Crippen molar-refractivity contribution in [1.82, 2.24) is 20.5 Å². The van der Waals surface area contributed by atoms with Crippen LogP contribution in [0.3, 0.4) is 0 Å². The number of carbonyl (C=O) groups is 1. The third-order valence-corrected chi connectivity index (χ3v) is 3.49. The van der Waals surface area contributed by atoms with E-state index in [1.54, 1.807) is 6.20 Å². The third kappa shape index (κ3) is 4.75. The van der Waals surface area contributed by atoms with Crippen molar-refractivity contribution < 1.29 is 4.79 Å². The van der Waals surface area contributed by atoms with Gasteiger partial charge in [0.2, 0.25) is 5.91 Å². The lowest BCUT2D eigenvalue weighted by atomic mass is 10.2. The third-order valence-electron chi connectivity index (χ3n) is 2.80. The van der Waals surface area contributed by atoms with E-state index in [4.69, 9.17) is 0 Å². The van der Waals surface area contributed by atoms with Crippen LogP contribution in [0.1, 0.15) is 24.7 Å². The fourth-order valence-corrected chi connectivity index (χ4v) is 2.41. The second-order valence-electron chi connectivity index (χ2n) is 4.74. The van der Waals surface area contributed by atoms with Crippen LogP contribution in [-0.4, -0.2) is 33.7 Å². The minimum Gasteiger partial charge on any atom is -0.313 e. The Morgan fingerprint density at radius 1 is 1.55 bits per heavy atom. The number of anilines is 1. The van der Waals surface area contributed by atoms with Crippen molar-refractivity contribution in [3.63, 3.8) is 0 Å². The average Bonchev–Trinajstić information content (AvgIpc) is 3.01. The van der Waals surface area contributed by atoms with Crippen molar-refractivity contribution in [1.29, 1.82) is 0 Å². The van der Waals surface area contributed by atoms with E-state index in [-0.39, 0.29) is 11.9 Å². The zero-order valence-electron chi connectivity index (χ0n) is 11.6. The van der Waals surface area contributed by atoms with Gasteiger partial charge in [0, 0.05) is 42.7 Å². The Hall–Kier alpha value is -1.73. The second kappa shape index (κ2) is 7.16. The van der Waals surface area contributed by atoms with Gasteiger partial charge >= 0.3 is 0 Å². The van der Waals surface area contributed by atoms with Gasteiger partial charge in [-0.3, -0.25) is 9.89 Å². The van der Waals surface area contributed by atoms with E-state index in [1.807, 2.05) is 18.4 Å². The predicted octanol–water partition coefficient (Wildman–Crippen LogP) is 1.72. The predicted molar refractivity (Wildman–Crippen MR) is 79.9 cm³/mol. The lowest BCUT2D eigenvalue weighted by molar-refractivity contribution is -0.116. The Kier molecular flexibility index (Phi) is 5.25. The van der Waals surface area contributed by atoms with E-state index in [1.165, 1.54) is 11.3 Å². The van der Waals surface area contributed by atoms with E-state index in [9.17, 15) is 4.79 Å². The van der Waals surface area contributed by atoms with Crippen LogP contribution >= 0.6 is 11.3 Å². The topological polar surface area (TPSA) is 82.7 Å². The molecule has 0 saturated carbocycles. The summed E-state index contributed by atoms with van der Waals surface area (Å²) in [6, 6.07) is 2.32. The van der Waals surface area contributed by atoms with Gasteiger partial charge in [0.25, 0.3) is 0 Å². The van der Waals surface area contributed by atoms with Crippen molar-refractivity contribution in [2.45, 2.75) is 32.7 Å². The van der Waals surface area contributed by atoms with Gasteiger partial charge in [0.05, 0.1) is 5.69 Å². The van der Waals surface area contributed by atoms with Crippen LogP contribution in [0, 0.1) is 6.92 Å². The van der Waals surface area contributed by atoms with Crippen molar-refractivity contribution in [2.24, 2.45) is 0 Å². The first-order valence-electron chi connectivity index (χ1n) is 6.57. The molecule has 2 aromatic rings. The van der Waals surface area contributed by atoms with Crippen LogP contribution in [0.15, 0.2) is 17.6 Å². The molecule has 0 aromatic carbocycles. The standard InChI is InChI=1S/C13H19N5OS/c1-9(7-11-8-10(2)17-18-11)14-4-3-12(19)16-13-15-5-6-20-13/h5-6,8-9,14H,3-4,7H2,1-2H3,(H,17,18)(H,15,16,19)/t9-/m0/s1. The molecule has 1 atom stereocenters. The molecule has 0 aliphatic rings. The van der Waals surface area contributed by atoms with E-state index < -0.39 is 0 Å². The lowest BCUT2D eigenvalue weighted by Crippen LogP contribution is -2.31. The van der Waals surface area contributed by atoms with Gasteiger partial charge in [-0.2, -0.15) is 5.10 Å². The van der Waals surface area contributed by atoms with Crippen molar-refractivity contribution >= 4 is 22.4 Å². The molecule has 7 heteroatoms. The summed E-state index contributed by atoms with van der Waals surface area (Å²) in [6.45, 7) is 4.71. The van der Waals surface area contributed by atoms with Gasteiger partial charge in [-0.15, -0.1) is 11.3 Å².